The molecule has 1 aromatic carbocycles. The maximum Gasteiger partial charge on any atom is 0.270 e. The van der Waals surface area contributed by atoms with Crippen molar-refractivity contribution in [2.24, 2.45) is 4.99 Å². The number of nitrogens with zero attached hydrogens (tertiary/aromatic N) is 2. The minimum atomic E-state index is -0.583. The van der Waals surface area contributed by atoms with E-state index in [4.69, 9.17) is 15.7 Å². The number of benzene rings is 1. The predicted octanol–water partition coefficient (Wildman–Crippen LogP) is 0.799. The van der Waals surface area contributed by atoms with E-state index in [0.717, 1.165) is 0 Å². The van der Waals surface area contributed by atoms with Crippen LogP contribution in [0.1, 0.15) is 18.9 Å². The zero-order chi connectivity index (χ0) is 20.0. The van der Waals surface area contributed by atoms with Gasteiger partial charge in [0, 0.05) is 35.3 Å². The van der Waals surface area contributed by atoms with E-state index in [9.17, 15) is 9.59 Å². The maximum absolute atomic E-state index is 12.6. The van der Waals surface area contributed by atoms with Crippen molar-refractivity contribution in [3.05, 3.63) is 34.2 Å². The van der Waals surface area contributed by atoms with E-state index in [2.05, 4.69) is 28.3 Å². The van der Waals surface area contributed by atoms with Crippen molar-refractivity contribution in [1.82, 2.24) is 10.6 Å². The second-order valence-corrected chi connectivity index (χ2v) is 6.44. The minimum Gasteiger partial charge on any atom is -0.488 e. The van der Waals surface area contributed by atoms with Crippen LogP contribution < -0.4 is 21.1 Å². The first kappa shape index (κ1) is 20.3. The Morgan fingerprint density at radius 1 is 1.56 bits per heavy atom. The van der Waals surface area contributed by atoms with E-state index in [1.165, 1.54) is 7.05 Å². The van der Waals surface area contributed by atoms with E-state index in [1.807, 2.05) is 6.07 Å². The van der Waals surface area contributed by atoms with E-state index < -0.39 is 11.9 Å². The average Bonchev–Trinajstić information content (AvgIpc) is 3.06. The molecule has 0 bridgehead atoms. The predicted molar refractivity (Wildman–Crippen MR) is 106 cm³/mol. The number of thiol groups is 1. The van der Waals surface area contributed by atoms with Crippen LogP contribution in [0, 0.1) is 11.3 Å². The van der Waals surface area contributed by atoms with Gasteiger partial charge in [-0.05, 0) is 31.5 Å². The van der Waals surface area contributed by atoms with Gasteiger partial charge in [0.1, 0.15) is 24.1 Å². The van der Waals surface area contributed by atoms with E-state index >= 15 is 0 Å². The Bertz CT molecular complexity index is 857. The third kappa shape index (κ3) is 5.01. The molecule has 8 nitrogen and oxygen atoms in total. The summed E-state index contributed by atoms with van der Waals surface area (Å²) in [4.78, 5) is 28.8. The molecule has 1 heterocycles. The molecule has 0 radical (unpaired) electrons. The number of hydrogen-bond acceptors (Lipinski definition) is 7. The van der Waals surface area contributed by atoms with Crippen LogP contribution in [-0.4, -0.2) is 43.8 Å². The number of nitrogen functional groups attached to an aromatic ring is 1. The third-order valence-electron chi connectivity index (χ3n) is 4.05. The molecule has 0 spiro atoms. The second-order valence-electron chi connectivity index (χ2n) is 5.90. The van der Waals surface area contributed by atoms with Gasteiger partial charge in [0.25, 0.3) is 5.91 Å². The van der Waals surface area contributed by atoms with E-state index in [1.54, 1.807) is 25.1 Å². The smallest absolute Gasteiger partial charge is 0.270 e. The highest BCUT2D eigenvalue weighted by molar-refractivity contribution is 7.84. The number of carbonyl (C=O) groups excluding carboxylic acids is 2. The molecule has 1 saturated heterocycles. The Morgan fingerprint density at radius 3 is 2.89 bits per heavy atom. The Balaban J connectivity index is 2.19. The number of hydrogen-bond donors (Lipinski definition) is 4. The van der Waals surface area contributed by atoms with Crippen LogP contribution in [0.3, 0.4) is 0 Å². The number of nitriles is 1. The van der Waals surface area contributed by atoms with Crippen molar-refractivity contribution >= 4 is 35.8 Å². The molecular weight excluding hydrogens is 366 g/mol. The van der Waals surface area contributed by atoms with Gasteiger partial charge in [0.05, 0.1) is 6.07 Å². The fourth-order valence-electron chi connectivity index (χ4n) is 2.46. The molecule has 27 heavy (non-hydrogen) atoms. The molecule has 142 valence electrons. The maximum atomic E-state index is 12.6. The number of carbonyl (C=O) groups is 2. The number of aliphatic imine (C=N–C) groups is 1. The van der Waals surface area contributed by atoms with Crippen LogP contribution in [0.2, 0.25) is 0 Å². The summed E-state index contributed by atoms with van der Waals surface area (Å²) in [6, 6.07) is 6.26. The van der Waals surface area contributed by atoms with Gasteiger partial charge in [-0.2, -0.15) is 5.26 Å². The highest BCUT2D eigenvalue weighted by Gasteiger charge is 2.28. The molecule has 2 amide bonds. The number of allylic oxidation sites excluding steroid dienone is 1. The molecule has 1 unspecified atom stereocenters. The molecule has 0 aromatic heterocycles. The number of ether oxygens (including phenoxy) is 1. The van der Waals surface area contributed by atoms with Crippen LogP contribution >= 0.6 is 12.6 Å². The normalized spacial score (nSPS) is 17.6. The van der Waals surface area contributed by atoms with Crippen molar-refractivity contribution in [3.8, 4) is 11.8 Å². The SMILES string of the molecule is CN=C(C(=O)NC1CCNC1=O)c1cc(OC/C(S)=C(\C)C#N)ccc1N. The lowest BCUT2D eigenvalue weighted by atomic mass is 10.1. The van der Waals surface area contributed by atoms with Crippen molar-refractivity contribution in [3.63, 3.8) is 0 Å². The van der Waals surface area contributed by atoms with Crippen molar-refractivity contribution in [2.45, 2.75) is 19.4 Å². The van der Waals surface area contributed by atoms with Gasteiger partial charge in [0.15, 0.2) is 0 Å². The molecule has 1 atom stereocenters. The van der Waals surface area contributed by atoms with Crippen LogP contribution in [0.4, 0.5) is 5.69 Å². The monoisotopic (exact) mass is 387 g/mol. The zero-order valence-electron chi connectivity index (χ0n) is 15.1. The molecule has 1 aliphatic heterocycles. The molecule has 1 aliphatic rings. The van der Waals surface area contributed by atoms with Gasteiger partial charge in [0.2, 0.25) is 5.91 Å². The molecule has 2 rings (SSSR count). The van der Waals surface area contributed by atoms with Crippen LogP contribution in [0.25, 0.3) is 0 Å². The third-order valence-corrected chi connectivity index (χ3v) is 4.51. The Morgan fingerprint density at radius 2 is 2.30 bits per heavy atom. The second kappa shape index (κ2) is 9.09. The first-order chi connectivity index (χ1) is 12.9. The fraction of sp³-hybridized carbons (Fsp3) is 0.333. The van der Waals surface area contributed by atoms with E-state index in [0.29, 0.717) is 40.4 Å². The average molecular weight is 387 g/mol. The zero-order valence-corrected chi connectivity index (χ0v) is 16.0. The molecule has 1 aromatic rings. The highest BCUT2D eigenvalue weighted by Crippen LogP contribution is 2.22. The van der Waals surface area contributed by atoms with Crippen molar-refractivity contribution in [1.29, 1.82) is 5.26 Å². The van der Waals surface area contributed by atoms with Gasteiger partial charge in [-0.25, -0.2) is 0 Å². The summed E-state index contributed by atoms with van der Waals surface area (Å²) in [5.41, 5.74) is 7.31. The van der Waals surface area contributed by atoms with Gasteiger partial charge >= 0.3 is 0 Å². The summed E-state index contributed by atoms with van der Waals surface area (Å²) in [5, 5.41) is 14.2. The van der Waals surface area contributed by atoms with Crippen molar-refractivity contribution in [2.75, 3.05) is 25.9 Å². The quantitative estimate of drug-likeness (QED) is 0.248. The lowest BCUT2D eigenvalue weighted by molar-refractivity contribution is -0.124. The minimum absolute atomic E-state index is 0.104. The summed E-state index contributed by atoms with van der Waals surface area (Å²) in [7, 11) is 1.47. The molecule has 9 heteroatoms. The van der Waals surface area contributed by atoms with Gasteiger partial charge in [-0.15, -0.1) is 12.6 Å². The number of nitrogens with two attached hydrogens (primary N) is 1. The Kier molecular flexibility index (Phi) is 6.85. The number of anilines is 1. The van der Waals surface area contributed by atoms with Crippen LogP contribution in [-0.2, 0) is 9.59 Å². The Hall–Kier alpha value is -2.99. The fourth-order valence-corrected chi connectivity index (χ4v) is 2.57. The number of rotatable bonds is 6. The van der Waals surface area contributed by atoms with Gasteiger partial charge < -0.3 is 21.1 Å². The first-order valence-corrected chi connectivity index (χ1v) is 8.69. The summed E-state index contributed by atoms with van der Waals surface area (Å²) in [6.45, 7) is 2.28. The van der Waals surface area contributed by atoms with Crippen molar-refractivity contribution < 1.29 is 14.3 Å². The Labute approximate surface area is 162 Å². The summed E-state index contributed by atoms with van der Waals surface area (Å²) in [6.07, 6.45) is 0.523. The molecule has 1 fully saturated rings. The number of nitrogens with one attached hydrogen (secondary N) is 2. The molecular formula is C18H21N5O3S. The van der Waals surface area contributed by atoms with Gasteiger partial charge in [-0.3, -0.25) is 14.6 Å². The lowest BCUT2D eigenvalue weighted by Gasteiger charge is -2.14. The van der Waals surface area contributed by atoms with Crippen LogP contribution in [0.5, 0.6) is 5.75 Å². The van der Waals surface area contributed by atoms with Gasteiger partial charge in [-0.1, -0.05) is 0 Å². The first-order valence-electron chi connectivity index (χ1n) is 8.24. The van der Waals surface area contributed by atoms with E-state index in [-0.39, 0.29) is 18.2 Å². The largest absolute Gasteiger partial charge is 0.488 e. The standard InChI is InChI=1S/C18H21N5O3S/c1-10(8-19)15(27)9-26-11-3-4-13(20)12(7-11)16(21-2)18(25)23-14-5-6-22-17(14)24/h3-4,7,14,27H,5-6,9,20H2,1-2H3,(H,22,24)(H,23,25)/b15-10-,21-16?. The van der Waals surface area contributed by atoms with Crippen LogP contribution in [0.15, 0.2) is 33.7 Å². The molecule has 4 N–H and O–H groups in total. The summed E-state index contributed by atoms with van der Waals surface area (Å²) >= 11 is 4.23. The molecule has 0 saturated carbocycles. The molecule has 0 aliphatic carbocycles. The topological polar surface area (TPSA) is 130 Å². The number of amides is 2. The lowest BCUT2D eigenvalue weighted by Crippen LogP contribution is -2.43. The summed E-state index contributed by atoms with van der Waals surface area (Å²) in [5.74, 6) is -0.257. The summed E-state index contributed by atoms with van der Waals surface area (Å²) < 4.78 is 5.62. The highest BCUT2D eigenvalue weighted by atomic mass is 32.1.